The first-order valence-electron chi connectivity index (χ1n) is 15.6. The van der Waals surface area contributed by atoms with Crippen molar-refractivity contribution < 1.29 is 92.4 Å². The lowest BCUT2D eigenvalue weighted by Gasteiger charge is -2.44. The summed E-state index contributed by atoms with van der Waals surface area (Å²) < 4.78 is 296. The summed E-state index contributed by atoms with van der Waals surface area (Å²) in [6.07, 6.45) is -2.15. The van der Waals surface area contributed by atoms with Crippen molar-refractivity contribution in [1.82, 2.24) is 4.98 Å². The zero-order chi connectivity index (χ0) is 44.9. The largest absolute Gasteiger partial charge is 0.302 e. The van der Waals surface area contributed by atoms with Gasteiger partial charge in [-0.1, -0.05) is 30.3 Å². The molecule has 5 aromatic carbocycles. The van der Waals surface area contributed by atoms with Crippen molar-refractivity contribution in [3.63, 3.8) is 0 Å². The van der Waals surface area contributed by atoms with Crippen LogP contribution in [0.1, 0.15) is 11.3 Å². The van der Waals surface area contributed by atoms with Gasteiger partial charge < -0.3 is 0 Å². The fourth-order valence-corrected chi connectivity index (χ4v) is 6.27. The molecule has 0 aliphatic rings. The predicted octanol–water partition coefficient (Wildman–Crippen LogP) is 7.14. The first-order valence-corrected chi connectivity index (χ1v) is 15.6. The van der Waals surface area contributed by atoms with Crippen LogP contribution in [-0.4, -0.2) is 11.1 Å². The molecule has 1 aromatic heterocycles. The Balaban J connectivity index is 0.000000379. The molecule has 0 atom stereocenters. The van der Waals surface area contributed by atoms with Gasteiger partial charge in [-0.2, -0.15) is 9.83 Å². The summed E-state index contributed by atoms with van der Waals surface area (Å²) in [6, 6.07) is 12.1. The summed E-state index contributed by atoms with van der Waals surface area (Å²) in [5.74, 6) is -71.4. The van der Waals surface area contributed by atoms with Crippen molar-refractivity contribution in [3.8, 4) is 6.07 Å². The topological polar surface area (TPSA) is 40.6 Å². The van der Waals surface area contributed by atoms with E-state index in [1.807, 2.05) is 41.1 Å². The van der Waals surface area contributed by atoms with Crippen LogP contribution in [0.3, 0.4) is 0 Å². The number of nitrogens with zero attached hydrogens (tertiary/aromatic N) is 3. The normalized spacial score (nSPS) is 11.4. The highest BCUT2D eigenvalue weighted by molar-refractivity contribution is 7.20. The van der Waals surface area contributed by atoms with Gasteiger partial charge in [0, 0.05) is 5.56 Å². The molecule has 0 unspecified atom stereocenters. The molecule has 6 aromatic rings. The first kappa shape index (κ1) is 44.4. The van der Waals surface area contributed by atoms with Crippen LogP contribution in [0.15, 0.2) is 48.9 Å². The Bertz CT molecular complexity index is 2380. The number of hydrogen-bond acceptors (Lipinski definition) is 2. The molecule has 1 heterocycles. The Kier molecular flexibility index (Phi) is 12.2. The zero-order valence-corrected chi connectivity index (χ0v) is 28.3. The summed E-state index contributed by atoms with van der Waals surface area (Å²) in [5.41, 5.74) is -12.6. The standard InChI is InChI=1S/C24BF20.C12H10N3/c26-5-1(6(27)14(35)21(42)13(5)34)25(2-7(28)15(36)22(43)16(37)8(2)29,3-9(30)17(38)23(44)18(39)10(3)31)4-11(32)19(40)24(45)20(41)12(4)33;13-8-12-9-14-6-7-15(12)10-11-4-2-1-3-5-11/h;1-7,9H,10H2/q-1;+1. The highest BCUT2D eigenvalue weighted by atomic mass is 19.2. The Hall–Kier alpha value is -6.67. The molecule has 6 rings (SSSR count). The predicted molar refractivity (Wildman–Crippen MR) is 164 cm³/mol. The van der Waals surface area contributed by atoms with E-state index in [4.69, 9.17) is 5.26 Å². The Labute approximate surface area is 319 Å². The van der Waals surface area contributed by atoms with Gasteiger partial charge in [-0.05, 0) is 0 Å². The maximum absolute atomic E-state index is 15.4. The van der Waals surface area contributed by atoms with Crippen molar-refractivity contribution in [1.29, 1.82) is 5.26 Å². The van der Waals surface area contributed by atoms with Gasteiger partial charge in [-0.15, -0.1) is 21.9 Å². The number of halogens is 20. The van der Waals surface area contributed by atoms with E-state index in [0.29, 0.717) is 12.2 Å². The summed E-state index contributed by atoms with van der Waals surface area (Å²) in [5, 5.41) is 8.89. The molecule has 312 valence electrons. The summed E-state index contributed by atoms with van der Waals surface area (Å²) in [4.78, 5) is 3.91. The molecule has 24 heteroatoms. The van der Waals surface area contributed by atoms with E-state index >= 15 is 35.1 Å². The van der Waals surface area contributed by atoms with Crippen LogP contribution in [0.5, 0.6) is 0 Å². The molecular weight excluding hydrogens is 865 g/mol. The molecule has 0 N–H and O–H groups in total. The third kappa shape index (κ3) is 6.80. The third-order valence-electron chi connectivity index (χ3n) is 8.86. The van der Waals surface area contributed by atoms with Crippen LogP contribution in [0.4, 0.5) is 87.8 Å². The third-order valence-corrected chi connectivity index (χ3v) is 8.86. The van der Waals surface area contributed by atoms with E-state index in [1.165, 1.54) is 5.56 Å². The van der Waals surface area contributed by atoms with Gasteiger partial charge in [0.2, 0.25) is 0 Å². The number of benzene rings is 5. The van der Waals surface area contributed by atoms with Crippen molar-refractivity contribution >= 4 is 28.0 Å². The maximum Gasteiger partial charge on any atom is 0.302 e. The van der Waals surface area contributed by atoms with Crippen LogP contribution in [0, 0.1) is 128 Å². The van der Waals surface area contributed by atoms with E-state index < -0.39 is 144 Å². The van der Waals surface area contributed by atoms with Crippen LogP contribution in [-0.2, 0) is 6.54 Å². The zero-order valence-electron chi connectivity index (χ0n) is 28.3. The molecule has 0 bridgehead atoms. The lowest BCUT2D eigenvalue weighted by atomic mass is 9.12. The van der Waals surface area contributed by atoms with Gasteiger partial charge >= 0.3 is 5.69 Å². The first-order chi connectivity index (χ1) is 28.1. The van der Waals surface area contributed by atoms with Crippen molar-refractivity contribution in [2.45, 2.75) is 6.54 Å². The fraction of sp³-hybridized carbons (Fsp3) is 0.0278. The Morgan fingerprint density at radius 1 is 0.417 bits per heavy atom. The minimum Gasteiger partial charge on any atom is -0.251 e. The minimum absolute atomic E-state index is 0.571. The van der Waals surface area contributed by atoms with E-state index in [2.05, 4.69) is 11.1 Å². The van der Waals surface area contributed by atoms with Crippen LogP contribution in [0.25, 0.3) is 0 Å². The average molecular weight is 875 g/mol. The number of rotatable bonds is 6. The van der Waals surface area contributed by atoms with Gasteiger partial charge in [-0.25, -0.2) is 87.8 Å². The Morgan fingerprint density at radius 3 is 0.950 bits per heavy atom. The fourth-order valence-electron chi connectivity index (χ4n) is 6.27. The maximum atomic E-state index is 15.4. The molecular formula is C36H10BF20N3. The quantitative estimate of drug-likeness (QED) is 0.0588. The van der Waals surface area contributed by atoms with Crippen molar-refractivity contribution in [2.75, 3.05) is 0 Å². The van der Waals surface area contributed by atoms with E-state index in [-0.39, 0.29) is 0 Å². The second-order valence-corrected chi connectivity index (χ2v) is 12.0. The van der Waals surface area contributed by atoms with E-state index in [1.54, 1.807) is 12.4 Å². The number of nitriles is 1. The molecule has 0 spiro atoms. The second kappa shape index (κ2) is 16.5. The SMILES string of the molecule is Fc1c(F)c(F)c([B-](c2c(F)c(F)c(F)c(F)c2F)(c2c(F)c(F)c(F)c(F)c2F)c2c(F)c(F)c(F)c(F)c2F)c(F)c1F.N#Cc1cncc[n+]1Cc1ccccc1. The molecule has 0 aliphatic carbocycles. The average Bonchev–Trinajstić information content (AvgIpc) is 3.24. The van der Waals surface area contributed by atoms with E-state index in [9.17, 15) is 52.7 Å². The molecule has 0 aliphatic heterocycles. The van der Waals surface area contributed by atoms with Gasteiger partial charge in [-0.3, -0.25) is 4.98 Å². The van der Waals surface area contributed by atoms with Gasteiger partial charge in [0.05, 0.1) is 6.20 Å². The Morgan fingerprint density at radius 2 is 0.683 bits per heavy atom. The molecule has 0 radical (unpaired) electrons. The van der Waals surface area contributed by atoms with Crippen LogP contribution in [0.2, 0.25) is 0 Å². The second-order valence-electron chi connectivity index (χ2n) is 12.0. The molecule has 0 saturated heterocycles. The number of hydrogen-bond donors (Lipinski definition) is 0. The van der Waals surface area contributed by atoms with Gasteiger partial charge in [0.15, 0.2) is 88.6 Å². The molecule has 0 fully saturated rings. The monoisotopic (exact) mass is 875 g/mol. The summed E-state index contributed by atoms with van der Waals surface area (Å²) in [7, 11) is 0. The summed E-state index contributed by atoms with van der Waals surface area (Å²) >= 11 is 0. The minimum atomic E-state index is -7.22. The summed E-state index contributed by atoms with van der Waals surface area (Å²) in [6.45, 7) is 0.701. The van der Waals surface area contributed by atoms with Gasteiger partial charge in [0.1, 0.15) is 58.9 Å². The highest BCUT2D eigenvalue weighted by Crippen LogP contribution is 2.30. The van der Waals surface area contributed by atoms with E-state index in [0.717, 1.165) is 0 Å². The lowest BCUT2D eigenvalue weighted by molar-refractivity contribution is -0.691. The van der Waals surface area contributed by atoms with Gasteiger partial charge in [0.25, 0.3) is 0 Å². The molecule has 60 heavy (non-hydrogen) atoms. The lowest BCUT2D eigenvalue weighted by Crippen LogP contribution is -2.81. The molecule has 3 nitrogen and oxygen atoms in total. The van der Waals surface area contributed by atoms with Crippen molar-refractivity contribution in [3.05, 3.63) is 177 Å². The smallest absolute Gasteiger partial charge is 0.251 e. The molecule has 0 saturated carbocycles. The molecule has 0 amide bonds. The van der Waals surface area contributed by atoms with Crippen molar-refractivity contribution in [2.24, 2.45) is 0 Å². The van der Waals surface area contributed by atoms with Crippen LogP contribution < -0.4 is 26.4 Å². The van der Waals surface area contributed by atoms with Crippen LogP contribution >= 0.6 is 0 Å². The number of aromatic nitrogens is 2. The highest BCUT2D eigenvalue weighted by Gasteiger charge is 2.52.